The van der Waals surface area contributed by atoms with Crippen molar-refractivity contribution >= 4 is 36.9 Å². The average molecular weight is 367 g/mol. The van der Waals surface area contributed by atoms with Crippen molar-refractivity contribution in [2.24, 2.45) is 0 Å². The normalized spacial score (nSPS) is 11.9. The van der Waals surface area contributed by atoms with Crippen molar-refractivity contribution < 1.29 is 8.42 Å². The molecule has 0 atom stereocenters. The highest BCUT2D eigenvalue weighted by molar-refractivity contribution is 9.10. The first-order valence-electron chi connectivity index (χ1n) is 6.12. The van der Waals surface area contributed by atoms with Crippen LogP contribution in [0.25, 0.3) is 10.9 Å². The maximum Gasteiger partial charge on any atom is 0.273 e. The lowest BCUT2D eigenvalue weighted by molar-refractivity contribution is 0.589. The van der Waals surface area contributed by atoms with Crippen molar-refractivity contribution in [1.29, 1.82) is 0 Å². The van der Waals surface area contributed by atoms with Crippen LogP contribution >= 0.6 is 15.9 Å². The smallest absolute Gasteiger partial charge is 0.273 e. The molecule has 3 rings (SSSR count). The number of pyridine rings is 1. The minimum atomic E-state index is -3.80. The van der Waals surface area contributed by atoms with Gasteiger partial charge in [0.1, 0.15) is 5.52 Å². The summed E-state index contributed by atoms with van der Waals surface area (Å²) in [5.74, 6) is 0. The molecule has 21 heavy (non-hydrogen) atoms. The number of nitrogens with one attached hydrogen (secondary N) is 1. The summed E-state index contributed by atoms with van der Waals surface area (Å²) in [4.78, 5) is 14.6. The van der Waals surface area contributed by atoms with E-state index in [1.807, 2.05) is 6.92 Å². The molecule has 0 radical (unpaired) electrons. The van der Waals surface area contributed by atoms with Crippen molar-refractivity contribution in [1.82, 2.24) is 8.96 Å². The van der Waals surface area contributed by atoms with Gasteiger partial charge in [0.15, 0.2) is 0 Å². The van der Waals surface area contributed by atoms with E-state index < -0.39 is 15.6 Å². The largest absolute Gasteiger partial charge is 0.326 e. The Morgan fingerprint density at radius 1 is 1.14 bits per heavy atom. The molecule has 5 nitrogen and oxygen atoms in total. The summed E-state index contributed by atoms with van der Waals surface area (Å²) in [6, 6.07) is 8.10. The molecule has 1 N–H and O–H groups in total. The molecular weight excluding hydrogens is 356 g/mol. The second-order valence-electron chi connectivity index (χ2n) is 4.66. The molecule has 0 unspecified atom stereocenters. The Morgan fingerprint density at radius 2 is 1.81 bits per heavy atom. The predicted molar refractivity (Wildman–Crippen MR) is 84.0 cm³/mol. The van der Waals surface area contributed by atoms with Crippen molar-refractivity contribution in [3.05, 3.63) is 63.1 Å². The fourth-order valence-electron chi connectivity index (χ4n) is 2.13. The van der Waals surface area contributed by atoms with Crippen LogP contribution in [0.5, 0.6) is 0 Å². The lowest BCUT2D eigenvalue weighted by Crippen LogP contribution is -2.17. The number of aromatic nitrogens is 2. The molecule has 0 fully saturated rings. The summed E-state index contributed by atoms with van der Waals surface area (Å²) in [6.45, 7) is 1.88. The number of aryl methyl sites for hydroxylation is 1. The Bertz CT molecular complexity index is 985. The predicted octanol–water partition coefficient (Wildman–Crippen LogP) is 2.64. The Labute approximate surface area is 129 Å². The molecule has 0 saturated carbocycles. The molecule has 7 heteroatoms. The lowest BCUT2D eigenvalue weighted by Gasteiger charge is -2.07. The Morgan fingerprint density at radius 3 is 2.48 bits per heavy atom. The Hall–Kier alpha value is -1.86. The van der Waals surface area contributed by atoms with E-state index in [1.165, 1.54) is 24.5 Å². The number of hydrogen-bond donors (Lipinski definition) is 1. The number of aromatic amines is 1. The van der Waals surface area contributed by atoms with E-state index in [0.717, 1.165) is 9.54 Å². The summed E-state index contributed by atoms with van der Waals surface area (Å²) < 4.78 is 27.0. The van der Waals surface area contributed by atoms with Crippen LogP contribution in [-0.4, -0.2) is 17.4 Å². The van der Waals surface area contributed by atoms with Gasteiger partial charge in [-0.1, -0.05) is 17.7 Å². The van der Waals surface area contributed by atoms with Crippen LogP contribution in [0.15, 0.2) is 56.9 Å². The van der Waals surface area contributed by atoms with Gasteiger partial charge in [-0.25, -0.2) is 12.4 Å². The van der Waals surface area contributed by atoms with Gasteiger partial charge >= 0.3 is 0 Å². The molecule has 0 bridgehead atoms. The van der Waals surface area contributed by atoms with E-state index >= 15 is 0 Å². The topological polar surface area (TPSA) is 71.9 Å². The maximum atomic E-state index is 12.7. The zero-order chi connectivity index (χ0) is 15.2. The van der Waals surface area contributed by atoms with Gasteiger partial charge in [0, 0.05) is 22.3 Å². The number of H-pyrrole nitrogens is 1. The van der Waals surface area contributed by atoms with E-state index in [-0.39, 0.29) is 10.4 Å². The first-order valence-corrected chi connectivity index (χ1v) is 8.35. The van der Waals surface area contributed by atoms with Gasteiger partial charge in [0.2, 0.25) is 0 Å². The lowest BCUT2D eigenvalue weighted by atomic mass is 10.2. The maximum absolute atomic E-state index is 12.7. The standard InChI is InChI=1S/C14H11BrN2O3S/c1-9-2-4-10(5-3-9)21(19,20)17-7-6-11-12(15)8-16-14(18)13(11)17/h2-8H,1H3,(H,16,18). The fraction of sp³-hybridized carbons (Fsp3) is 0.0714. The van der Waals surface area contributed by atoms with Gasteiger partial charge in [-0.15, -0.1) is 0 Å². The van der Waals surface area contributed by atoms with E-state index in [2.05, 4.69) is 20.9 Å². The minimum absolute atomic E-state index is 0.102. The number of rotatable bonds is 2. The van der Waals surface area contributed by atoms with Crippen LogP contribution in [0.2, 0.25) is 0 Å². The summed E-state index contributed by atoms with van der Waals surface area (Å²) in [5.41, 5.74) is 0.616. The van der Waals surface area contributed by atoms with Gasteiger partial charge in [0.25, 0.3) is 15.6 Å². The quantitative estimate of drug-likeness (QED) is 0.757. The fourth-order valence-corrected chi connectivity index (χ4v) is 3.91. The summed E-state index contributed by atoms with van der Waals surface area (Å²) in [5, 5.41) is 0.550. The third-order valence-corrected chi connectivity index (χ3v) is 5.58. The molecule has 0 saturated heterocycles. The summed E-state index contributed by atoms with van der Waals surface area (Å²) >= 11 is 3.30. The summed E-state index contributed by atoms with van der Waals surface area (Å²) in [6.07, 6.45) is 2.88. The number of fused-ring (bicyclic) bond motifs is 1. The first kappa shape index (κ1) is 14.1. The van der Waals surface area contributed by atoms with Gasteiger partial charge < -0.3 is 4.98 Å². The van der Waals surface area contributed by atoms with Crippen molar-refractivity contribution in [2.75, 3.05) is 0 Å². The molecule has 0 aliphatic rings. The van der Waals surface area contributed by atoms with Gasteiger partial charge in [-0.05, 0) is 41.1 Å². The number of halogens is 1. The molecule has 0 aliphatic carbocycles. The molecule has 0 spiro atoms. The zero-order valence-corrected chi connectivity index (χ0v) is 13.4. The van der Waals surface area contributed by atoms with Crippen LogP contribution in [0.3, 0.4) is 0 Å². The third-order valence-electron chi connectivity index (χ3n) is 3.23. The Balaban J connectivity index is 2.32. The number of nitrogens with zero attached hydrogens (tertiary/aromatic N) is 1. The second kappa shape index (κ2) is 4.85. The van der Waals surface area contributed by atoms with E-state index in [9.17, 15) is 13.2 Å². The van der Waals surface area contributed by atoms with Gasteiger partial charge in [-0.3, -0.25) is 4.79 Å². The van der Waals surface area contributed by atoms with E-state index in [0.29, 0.717) is 9.86 Å². The molecule has 0 aliphatic heterocycles. The SMILES string of the molecule is Cc1ccc(S(=O)(=O)n2ccc3c(Br)c[nH]c(=O)c32)cc1. The highest BCUT2D eigenvalue weighted by Gasteiger charge is 2.21. The van der Waals surface area contributed by atoms with Gasteiger partial charge in [-0.2, -0.15) is 0 Å². The Kier molecular flexibility index (Phi) is 3.26. The number of benzene rings is 1. The van der Waals surface area contributed by atoms with Crippen molar-refractivity contribution in [3.63, 3.8) is 0 Å². The average Bonchev–Trinajstić information content (AvgIpc) is 2.90. The molecule has 2 aromatic heterocycles. The number of hydrogen-bond acceptors (Lipinski definition) is 3. The minimum Gasteiger partial charge on any atom is -0.326 e. The molecule has 2 heterocycles. The van der Waals surface area contributed by atoms with Crippen LogP contribution < -0.4 is 5.56 Å². The second-order valence-corrected chi connectivity index (χ2v) is 7.33. The molecule has 0 amide bonds. The van der Waals surface area contributed by atoms with Gasteiger partial charge in [0.05, 0.1) is 4.90 Å². The third kappa shape index (κ3) is 2.22. The van der Waals surface area contributed by atoms with E-state index in [1.54, 1.807) is 18.2 Å². The van der Waals surface area contributed by atoms with Crippen LogP contribution in [0.4, 0.5) is 0 Å². The molecule has 108 valence electrons. The molecular formula is C14H11BrN2O3S. The highest BCUT2D eigenvalue weighted by atomic mass is 79.9. The van der Waals surface area contributed by atoms with Crippen LogP contribution in [-0.2, 0) is 10.0 Å². The monoisotopic (exact) mass is 366 g/mol. The molecule has 1 aromatic carbocycles. The first-order chi connectivity index (χ1) is 9.91. The van der Waals surface area contributed by atoms with Crippen molar-refractivity contribution in [2.45, 2.75) is 11.8 Å². The van der Waals surface area contributed by atoms with Crippen LogP contribution in [0, 0.1) is 6.92 Å². The molecule has 3 aromatic rings. The van der Waals surface area contributed by atoms with Crippen LogP contribution in [0.1, 0.15) is 5.56 Å². The summed E-state index contributed by atoms with van der Waals surface area (Å²) in [7, 11) is -3.80. The zero-order valence-electron chi connectivity index (χ0n) is 11.0. The van der Waals surface area contributed by atoms with Crippen molar-refractivity contribution in [3.8, 4) is 0 Å². The highest BCUT2D eigenvalue weighted by Crippen LogP contribution is 2.24. The van der Waals surface area contributed by atoms with E-state index in [4.69, 9.17) is 0 Å².